The number of benzene rings is 2. The molecule has 3 nitrogen and oxygen atoms in total. The first kappa shape index (κ1) is 15.9. The maximum Gasteiger partial charge on any atom is 0.143 e. The highest BCUT2D eigenvalue weighted by Crippen LogP contribution is 2.35. The van der Waals surface area contributed by atoms with Crippen LogP contribution in [-0.2, 0) is 0 Å². The first-order valence-electron chi connectivity index (χ1n) is 6.13. The molecule has 0 bridgehead atoms. The second kappa shape index (κ2) is 6.52. The highest BCUT2D eigenvalue weighted by molar-refractivity contribution is 7.80. The lowest BCUT2D eigenvalue weighted by Gasteiger charge is -2.14. The van der Waals surface area contributed by atoms with Gasteiger partial charge >= 0.3 is 0 Å². The Labute approximate surface area is 139 Å². The van der Waals surface area contributed by atoms with Gasteiger partial charge in [-0.25, -0.2) is 0 Å². The quantitative estimate of drug-likeness (QED) is 0.792. The van der Waals surface area contributed by atoms with Crippen molar-refractivity contribution in [1.29, 1.82) is 0 Å². The second-order valence-electron chi connectivity index (χ2n) is 4.49. The van der Waals surface area contributed by atoms with Crippen LogP contribution in [0.3, 0.4) is 0 Å². The van der Waals surface area contributed by atoms with Crippen LogP contribution in [-0.4, -0.2) is 12.1 Å². The summed E-state index contributed by atoms with van der Waals surface area (Å²) in [7, 11) is 1.59. The molecule has 21 heavy (non-hydrogen) atoms. The fraction of sp³-hybridized carbons (Fsp3) is 0.133. The summed E-state index contributed by atoms with van der Waals surface area (Å²) in [4.78, 5) is 0.309. The minimum absolute atomic E-state index is 0.309. The Morgan fingerprint density at radius 2 is 1.86 bits per heavy atom. The lowest BCUT2D eigenvalue weighted by Crippen LogP contribution is -2.09. The largest absolute Gasteiger partial charge is 0.495 e. The summed E-state index contributed by atoms with van der Waals surface area (Å²) >= 11 is 17.3. The molecule has 0 aromatic heterocycles. The molecule has 2 rings (SSSR count). The van der Waals surface area contributed by atoms with Crippen LogP contribution in [0.4, 0.5) is 11.4 Å². The zero-order valence-corrected chi connectivity index (χ0v) is 13.9. The van der Waals surface area contributed by atoms with Crippen molar-refractivity contribution in [3.63, 3.8) is 0 Å². The Bertz CT molecular complexity index is 704. The van der Waals surface area contributed by atoms with E-state index in [1.807, 2.05) is 25.1 Å². The maximum atomic E-state index is 6.25. The fourth-order valence-electron chi connectivity index (χ4n) is 1.84. The van der Waals surface area contributed by atoms with Gasteiger partial charge in [0, 0.05) is 16.7 Å². The summed E-state index contributed by atoms with van der Waals surface area (Å²) in [6.07, 6.45) is 0. The van der Waals surface area contributed by atoms with E-state index in [0.29, 0.717) is 20.8 Å². The van der Waals surface area contributed by atoms with Crippen LogP contribution < -0.4 is 15.8 Å². The first-order chi connectivity index (χ1) is 9.92. The number of nitrogens with two attached hydrogens (primary N) is 1. The van der Waals surface area contributed by atoms with E-state index in [0.717, 1.165) is 22.5 Å². The summed E-state index contributed by atoms with van der Waals surface area (Å²) in [5, 5.41) is 4.40. The third-order valence-electron chi connectivity index (χ3n) is 3.00. The van der Waals surface area contributed by atoms with E-state index in [-0.39, 0.29) is 0 Å². The number of nitrogens with one attached hydrogen (secondary N) is 1. The van der Waals surface area contributed by atoms with Gasteiger partial charge in [0.05, 0.1) is 23.5 Å². The van der Waals surface area contributed by atoms with Gasteiger partial charge in [0.25, 0.3) is 0 Å². The average Bonchev–Trinajstić information content (AvgIpc) is 2.44. The van der Waals surface area contributed by atoms with E-state index in [9.17, 15) is 0 Å². The number of aryl methyl sites for hydroxylation is 1. The van der Waals surface area contributed by atoms with Crippen molar-refractivity contribution < 1.29 is 4.74 Å². The van der Waals surface area contributed by atoms with Gasteiger partial charge in [-0.05, 0) is 36.8 Å². The highest BCUT2D eigenvalue weighted by Gasteiger charge is 2.10. The predicted octanol–water partition coefficient (Wildman–Crippen LogP) is 4.69. The minimum Gasteiger partial charge on any atom is -0.495 e. The van der Waals surface area contributed by atoms with Crippen LogP contribution in [0.25, 0.3) is 0 Å². The summed E-state index contributed by atoms with van der Waals surface area (Å²) in [6, 6.07) is 9.02. The Kier molecular flexibility index (Phi) is 4.93. The molecular weight excluding hydrogens is 327 g/mol. The molecular formula is C15H14Cl2N2OS. The van der Waals surface area contributed by atoms with Crippen LogP contribution in [0, 0.1) is 6.92 Å². The first-order valence-corrected chi connectivity index (χ1v) is 7.29. The van der Waals surface area contributed by atoms with Crippen molar-refractivity contribution in [3.05, 3.63) is 51.5 Å². The Morgan fingerprint density at radius 3 is 2.43 bits per heavy atom. The normalized spacial score (nSPS) is 10.3. The minimum atomic E-state index is 0.309. The molecule has 110 valence electrons. The molecule has 0 aliphatic heterocycles. The van der Waals surface area contributed by atoms with Crippen molar-refractivity contribution in [1.82, 2.24) is 0 Å². The monoisotopic (exact) mass is 340 g/mol. The van der Waals surface area contributed by atoms with Crippen LogP contribution in [0.15, 0.2) is 30.3 Å². The van der Waals surface area contributed by atoms with E-state index in [4.69, 9.17) is 45.9 Å². The van der Waals surface area contributed by atoms with Gasteiger partial charge in [-0.3, -0.25) is 0 Å². The number of hydrogen-bond acceptors (Lipinski definition) is 3. The molecule has 0 amide bonds. The van der Waals surface area contributed by atoms with Gasteiger partial charge < -0.3 is 15.8 Å². The predicted molar refractivity (Wildman–Crippen MR) is 93.4 cm³/mol. The fourth-order valence-corrected chi connectivity index (χ4v) is 2.35. The number of hydrogen-bond donors (Lipinski definition) is 2. The molecule has 2 aromatic rings. The maximum absolute atomic E-state index is 6.25. The lowest BCUT2D eigenvalue weighted by molar-refractivity contribution is 0.417. The zero-order valence-electron chi connectivity index (χ0n) is 11.5. The van der Waals surface area contributed by atoms with E-state index in [1.54, 1.807) is 19.2 Å². The third-order valence-corrected chi connectivity index (χ3v) is 3.96. The second-order valence-corrected chi connectivity index (χ2v) is 5.74. The molecule has 0 fully saturated rings. The standard InChI is InChI=1S/C15H14Cl2N2OS/c1-8-5-13(14(20-2)7-10(8)16)19-12-4-3-9(15(18)21)6-11(12)17/h3-7,19H,1-2H3,(H2,18,21). The number of methoxy groups -OCH3 is 1. The molecule has 0 unspecified atom stereocenters. The zero-order chi connectivity index (χ0) is 15.6. The summed E-state index contributed by atoms with van der Waals surface area (Å²) in [6.45, 7) is 1.92. The van der Waals surface area contributed by atoms with Crippen LogP contribution in [0.1, 0.15) is 11.1 Å². The van der Waals surface area contributed by atoms with Crippen molar-refractivity contribution in [2.75, 3.05) is 12.4 Å². The molecule has 0 heterocycles. The number of halogens is 2. The molecule has 0 spiro atoms. The van der Waals surface area contributed by atoms with Crippen molar-refractivity contribution in [2.45, 2.75) is 6.92 Å². The number of anilines is 2. The van der Waals surface area contributed by atoms with E-state index < -0.39 is 0 Å². The van der Waals surface area contributed by atoms with Crippen LogP contribution in [0.5, 0.6) is 5.75 Å². The molecule has 3 N–H and O–H groups in total. The summed E-state index contributed by atoms with van der Waals surface area (Å²) < 4.78 is 5.32. The number of rotatable bonds is 4. The Morgan fingerprint density at radius 1 is 1.14 bits per heavy atom. The van der Waals surface area contributed by atoms with Crippen LogP contribution >= 0.6 is 35.4 Å². The SMILES string of the molecule is COc1cc(Cl)c(C)cc1Nc1ccc(C(N)=S)cc1Cl. The van der Waals surface area contributed by atoms with E-state index >= 15 is 0 Å². The smallest absolute Gasteiger partial charge is 0.143 e. The van der Waals surface area contributed by atoms with Gasteiger partial charge in [-0.2, -0.15) is 0 Å². The molecule has 0 atom stereocenters. The topological polar surface area (TPSA) is 47.3 Å². The number of thiocarbonyl (C=S) groups is 1. The van der Waals surface area contributed by atoms with Gasteiger partial charge in [0.15, 0.2) is 0 Å². The van der Waals surface area contributed by atoms with Gasteiger partial charge in [-0.15, -0.1) is 0 Å². The highest BCUT2D eigenvalue weighted by atomic mass is 35.5. The molecule has 6 heteroatoms. The van der Waals surface area contributed by atoms with Gasteiger partial charge in [0.2, 0.25) is 0 Å². The summed E-state index contributed by atoms with van der Waals surface area (Å²) in [5.41, 5.74) is 8.76. The molecule has 0 saturated heterocycles. The molecule has 0 radical (unpaired) electrons. The molecule has 0 saturated carbocycles. The average molecular weight is 341 g/mol. The van der Waals surface area contributed by atoms with Gasteiger partial charge in [-0.1, -0.05) is 35.4 Å². The Balaban J connectivity index is 2.38. The van der Waals surface area contributed by atoms with Crippen molar-refractivity contribution in [2.24, 2.45) is 5.73 Å². The third kappa shape index (κ3) is 3.59. The number of ether oxygens (including phenoxy) is 1. The lowest BCUT2D eigenvalue weighted by atomic mass is 10.1. The molecule has 2 aromatic carbocycles. The molecule has 0 aliphatic rings. The van der Waals surface area contributed by atoms with Crippen molar-refractivity contribution >= 4 is 51.8 Å². The van der Waals surface area contributed by atoms with Crippen LogP contribution in [0.2, 0.25) is 10.0 Å². The van der Waals surface area contributed by atoms with E-state index in [2.05, 4.69) is 5.32 Å². The Hall–Kier alpha value is -1.49. The van der Waals surface area contributed by atoms with Crippen molar-refractivity contribution in [3.8, 4) is 5.75 Å². The molecule has 0 aliphatic carbocycles. The summed E-state index contributed by atoms with van der Waals surface area (Å²) in [5.74, 6) is 0.639. The van der Waals surface area contributed by atoms with Gasteiger partial charge in [0.1, 0.15) is 10.7 Å². The van der Waals surface area contributed by atoms with E-state index in [1.165, 1.54) is 0 Å².